The summed E-state index contributed by atoms with van der Waals surface area (Å²) in [5.74, 6) is 0.524. The lowest BCUT2D eigenvalue weighted by molar-refractivity contribution is 0.0488. The van der Waals surface area contributed by atoms with Crippen molar-refractivity contribution < 1.29 is 18.7 Å². The average Bonchev–Trinajstić information content (AvgIpc) is 3.58. The molecule has 1 aromatic carbocycles. The molecule has 214 valence electrons. The smallest absolute Gasteiger partial charge is 0.407 e. The summed E-state index contributed by atoms with van der Waals surface area (Å²) in [5.41, 5.74) is 1.61. The van der Waals surface area contributed by atoms with Crippen LogP contribution in [0.25, 0.3) is 17.0 Å². The summed E-state index contributed by atoms with van der Waals surface area (Å²) >= 11 is 0. The minimum atomic E-state index is -0.501. The van der Waals surface area contributed by atoms with Crippen LogP contribution in [-0.4, -0.2) is 62.7 Å². The fraction of sp³-hybridized carbons (Fsp3) is 0.517. The molecule has 2 aliphatic rings. The zero-order valence-corrected chi connectivity index (χ0v) is 23.4. The molecule has 2 aromatic heterocycles. The Labute approximate surface area is 233 Å². The number of hydrogen-bond donors (Lipinski definition) is 3. The number of nitrogens with zero attached hydrogens (tertiary/aromatic N) is 4. The number of rotatable bonds is 6. The molecular formula is C29H38FN7O3. The Hall–Kier alpha value is -3.89. The maximum absolute atomic E-state index is 14.8. The monoisotopic (exact) mass is 551 g/mol. The first-order chi connectivity index (χ1) is 19.1. The summed E-state index contributed by atoms with van der Waals surface area (Å²) in [6.07, 6.45) is 10.8. The predicted molar refractivity (Wildman–Crippen MR) is 152 cm³/mol. The van der Waals surface area contributed by atoms with Crippen LogP contribution < -0.4 is 16.0 Å². The van der Waals surface area contributed by atoms with Crippen LogP contribution in [0.15, 0.2) is 36.8 Å². The number of aromatic nitrogens is 3. The second-order valence-electron chi connectivity index (χ2n) is 11.7. The van der Waals surface area contributed by atoms with Gasteiger partial charge in [0.15, 0.2) is 0 Å². The molecular weight excluding hydrogens is 513 g/mol. The van der Waals surface area contributed by atoms with E-state index in [0.717, 1.165) is 63.8 Å². The number of anilines is 2. The van der Waals surface area contributed by atoms with Crippen molar-refractivity contribution in [2.75, 3.05) is 30.3 Å². The summed E-state index contributed by atoms with van der Waals surface area (Å²) < 4.78 is 21.9. The number of benzene rings is 1. The van der Waals surface area contributed by atoms with Crippen LogP contribution in [0.4, 0.5) is 25.4 Å². The topological polar surface area (TPSA) is 113 Å². The number of hydrogen-bond acceptors (Lipinski definition) is 6. The number of ether oxygens (including phenoxy) is 1. The molecule has 3 N–H and O–H groups in total. The van der Waals surface area contributed by atoms with E-state index in [4.69, 9.17) is 4.74 Å². The maximum Gasteiger partial charge on any atom is 0.407 e. The predicted octanol–water partition coefficient (Wildman–Crippen LogP) is 5.66. The Balaban J connectivity index is 1.17. The summed E-state index contributed by atoms with van der Waals surface area (Å²) in [5, 5.41) is 9.31. The van der Waals surface area contributed by atoms with Gasteiger partial charge in [0.1, 0.15) is 11.4 Å². The molecule has 0 unspecified atom stereocenters. The number of nitrogens with one attached hydrogen (secondary N) is 3. The Morgan fingerprint density at radius 1 is 1.07 bits per heavy atom. The van der Waals surface area contributed by atoms with Gasteiger partial charge in [0.05, 0.1) is 17.6 Å². The first kappa shape index (κ1) is 27.7. The van der Waals surface area contributed by atoms with Crippen molar-refractivity contribution in [2.24, 2.45) is 5.92 Å². The van der Waals surface area contributed by atoms with Gasteiger partial charge in [0.2, 0.25) is 5.78 Å². The van der Waals surface area contributed by atoms with Crippen LogP contribution in [-0.2, 0) is 4.74 Å². The number of imidazole rings is 1. The average molecular weight is 552 g/mol. The quantitative estimate of drug-likeness (QED) is 0.365. The van der Waals surface area contributed by atoms with Gasteiger partial charge in [0.25, 0.3) is 0 Å². The number of alkyl carbamates (subject to hydrolysis) is 1. The molecule has 5 rings (SSSR count). The van der Waals surface area contributed by atoms with Crippen LogP contribution in [0, 0.1) is 11.7 Å². The van der Waals surface area contributed by atoms with E-state index in [9.17, 15) is 14.0 Å². The molecule has 1 saturated heterocycles. The van der Waals surface area contributed by atoms with Crippen LogP contribution in [0.1, 0.15) is 59.3 Å². The van der Waals surface area contributed by atoms with E-state index < -0.39 is 11.4 Å². The normalized spacial score (nSPS) is 19.4. The van der Waals surface area contributed by atoms with Crippen LogP contribution in [0.3, 0.4) is 0 Å². The Morgan fingerprint density at radius 3 is 2.55 bits per heavy atom. The van der Waals surface area contributed by atoms with E-state index in [0.29, 0.717) is 28.6 Å². The molecule has 1 aliphatic carbocycles. The lowest BCUT2D eigenvalue weighted by Crippen LogP contribution is -2.41. The van der Waals surface area contributed by atoms with Crippen molar-refractivity contribution in [2.45, 2.75) is 70.9 Å². The standard InChI is InChI=1S/C29H38FN7O3/c1-29(2,3)40-28(39)34-20-8-6-19(7-9-20)15-31-22-16-32-26-35-25(18-37(26)17-22)23-14-21(10-11-24(23)30)33-27(38)36-12-4-5-13-36/h10-11,14,16-20,31H,4-9,12-13,15H2,1-3H3,(H,33,38)(H,34,39)/t19-,20-. The van der Waals surface area contributed by atoms with E-state index in [1.807, 2.05) is 27.0 Å². The van der Waals surface area contributed by atoms with Gasteiger partial charge >= 0.3 is 12.1 Å². The largest absolute Gasteiger partial charge is 0.444 e. The highest BCUT2D eigenvalue weighted by atomic mass is 19.1. The van der Waals surface area contributed by atoms with Crippen molar-refractivity contribution in [3.8, 4) is 11.3 Å². The summed E-state index contributed by atoms with van der Waals surface area (Å²) in [6, 6.07) is 4.48. The van der Waals surface area contributed by atoms with Gasteiger partial charge in [-0.05, 0) is 83.4 Å². The Bertz CT molecular complexity index is 1360. The first-order valence-electron chi connectivity index (χ1n) is 14.1. The molecule has 0 radical (unpaired) electrons. The molecule has 3 aromatic rings. The third kappa shape index (κ3) is 7.00. The van der Waals surface area contributed by atoms with Crippen molar-refractivity contribution >= 4 is 29.3 Å². The molecule has 3 amide bonds. The summed E-state index contributed by atoms with van der Waals surface area (Å²) in [7, 11) is 0. The third-order valence-corrected chi connectivity index (χ3v) is 7.36. The van der Waals surface area contributed by atoms with Gasteiger partial charge < -0.3 is 25.6 Å². The fourth-order valence-electron chi connectivity index (χ4n) is 5.28. The second-order valence-corrected chi connectivity index (χ2v) is 11.7. The molecule has 1 saturated carbocycles. The van der Waals surface area contributed by atoms with Crippen LogP contribution >= 0.6 is 0 Å². The van der Waals surface area contributed by atoms with E-state index in [2.05, 4.69) is 25.9 Å². The number of carbonyl (C=O) groups is 2. The van der Waals surface area contributed by atoms with Gasteiger partial charge in [-0.15, -0.1) is 0 Å². The SMILES string of the molecule is CC(C)(C)OC(=O)N[C@H]1CC[C@H](CNc2cnc3nc(-c4cc(NC(=O)N5CCCC5)ccc4F)cn3c2)CC1. The lowest BCUT2D eigenvalue weighted by Gasteiger charge is -2.30. The minimum absolute atomic E-state index is 0.140. The molecule has 10 nitrogen and oxygen atoms in total. The highest BCUT2D eigenvalue weighted by Gasteiger charge is 2.25. The third-order valence-electron chi connectivity index (χ3n) is 7.36. The molecule has 1 aliphatic heterocycles. The van der Waals surface area contributed by atoms with Gasteiger partial charge in [-0.3, -0.25) is 4.40 Å². The van der Waals surface area contributed by atoms with Crippen molar-refractivity contribution in [3.05, 3.63) is 42.6 Å². The summed E-state index contributed by atoms with van der Waals surface area (Å²) in [6.45, 7) is 7.85. The summed E-state index contributed by atoms with van der Waals surface area (Å²) in [4.78, 5) is 35.2. The number of halogens is 1. The van der Waals surface area contributed by atoms with E-state index in [1.54, 1.807) is 33.8 Å². The van der Waals surface area contributed by atoms with Crippen molar-refractivity contribution in [1.29, 1.82) is 0 Å². The zero-order valence-electron chi connectivity index (χ0n) is 23.4. The molecule has 3 heterocycles. The minimum Gasteiger partial charge on any atom is -0.444 e. The van der Waals surface area contributed by atoms with E-state index in [1.165, 1.54) is 6.07 Å². The number of likely N-dealkylation sites (tertiary alicyclic amines) is 1. The van der Waals surface area contributed by atoms with Crippen LogP contribution in [0.5, 0.6) is 0 Å². The second kappa shape index (κ2) is 11.7. The van der Waals surface area contributed by atoms with E-state index >= 15 is 0 Å². The molecule has 0 atom stereocenters. The number of urea groups is 1. The van der Waals surface area contributed by atoms with E-state index in [-0.39, 0.29) is 18.2 Å². The lowest BCUT2D eigenvalue weighted by atomic mass is 9.86. The zero-order chi connectivity index (χ0) is 28.3. The highest BCUT2D eigenvalue weighted by Crippen LogP contribution is 2.28. The van der Waals surface area contributed by atoms with Gasteiger partial charge in [-0.25, -0.2) is 23.9 Å². The molecule has 2 fully saturated rings. The van der Waals surface area contributed by atoms with Crippen molar-refractivity contribution in [3.63, 3.8) is 0 Å². The molecule has 40 heavy (non-hydrogen) atoms. The molecule has 0 spiro atoms. The Morgan fingerprint density at radius 2 is 1.82 bits per heavy atom. The highest BCUT2D eigenvalue weighted by molar-refractivity contribution is 5.90. The number of amides is 3. The Kier molecular flexibility index (Phi) is 8.09. The molecule has 0 bridgehead atoms. The first-order valence-corrected chi connectivity index (χ1v) is 14.1. The van der Waals surface area contributed by atoms with Gasteiger partial charge in [0, 0.05) is 49.3 Å². The van der Waals surface area contributed by atoms with Crippen LogP contribution in [0.2, 0.25) is 0 Å². The van der Waals surface area contributed by atoms with Gasteiger partial charge in [-0.2, -0.15) is 0 Å². The number of carbonyl (C=O) groups excluding carboxylic acids is 2. The van der Waals surface area contributed by atoms with Gasteiger partial charge in [-0.1, -0.05) is 0 Å². The number of fused-ring (bicyclic) bond motifs is 1. The van der Waals surface area contributed by atoms with Crippen molar-refractivity contribution in [1.82, 2.24) is 24.6 Å². The maximum atomic E-state index is 14.8. The molecule has 11 heteroatoms. The fourth-order valence-corrected chi connectivity index (χ4v) is 5.28.